The quantitative estimate of drug-likeness (QED) is 0.640. The first-order valence-electron chi connectivity index (χ1n) is 5.76. The lowest BCUT2D eigenvalue weighted by Crippen LogP contribution is -2.16. The highest BCUT2D eigenvalue weighted by molar-refractivity contribution is 7.80. The Morgan fingerprint density at radius 3 is 2.84 bits per heavy atom. The van der Waals surface area contributed by atoms with Gasteiger partial charge in [0.05, 0.1) is 12.1 Å². The first-order valence-corrected chi connectivity index (χ1v) is 6.17. The van der Waals surface area contributed by atoms with Gasteiger partial charge in [-0.1, -0.05) is 24.2 Å². The molecule has 0 aromatic heterocycles. The van der Waals surface area contributed by atoms with Crippen molar-refractivity contribution >= 4 is 17.2 Å². The first kappa shape index (κ1) is 15.3. The maximum atomic E-state index is 14.2. The van der Waals surface area contributed by atoms with Crippen molar-refractivity contribution < 1.29 is 13.9 Å². The zero-order valence-corrected chi connectivity index (χ0v) is 11.8. The number of methoxy groups -OCH3 is 1. The topological polar surface area (TPSA) is 30.5 Å². The predicted octanol–water partition coefficient (Wildman–Crippen LogP) is 2.33. The summed E-state index contributed by atoms with van der Waals surface area (Å²) >= 11 is 5.03. The minimum Gasteiger partial charge on any atom is -0.490 e. The number of halogens is 1. The predicted molar refractivity (Wildman–Crippen MR) is 77.3 cm³/mol. The molecule has 0 aliphatic carbocycles. The van der Waals surface area contributed by atoms with Gasteiger partial charge in [0.1, 0.15) is 6.61 Å². The van der Waals surface area contributed by atoms with Crippen LogP contribution >= 0.6 is 12.2 Å². The molecule has 3 nitrogen and oxygen atoms in total. The molecule has 102 valence electrons. The van der Waals surface area contributed by atoms with Crippen molar-refractivity contribution in [3.05, 3.63) is 23.5 Å². The zero-order chi connectivity index (χ0) is 14.3. The van der Waals surface area contributed by atoms with E-state index in [4.69, 9.17) is 28.1 Å². The Bertz CT molecular complexity index is 497. The fraction of sp³-hybridized carbons (Fsp3) is 0.357. The van der Waals surface area contributed by atoms with Crippen molar-refractivity contribution in [3.63, 3.8) is 0 Å². The smallest absolute Gasteiger partial charge is 0.197 e. The van der Waals surface area contributed by atoms with Crippen LogP contribution in [0.2, 0.25) is 0 Å². The molecule has 19 heavy (non-hydrogen) atoms. The standard InChI is InChI=1S/C14H16FNO2S/c1-4-9-18-11-7-5-10(6-8-12(19)16-2)13(15)14(11)17-3/h1,5,7H,6,8-9H2,2-3H3,(H,16,19). The van der Waals surface area contributed by atoms with E-state index in [1.165, 1.54) is 7.11 Å². The molecule has 1 aromatic rings. The average molecular weight is 281 g/mol. The largest absolute Gasteiger partial charge is 0.490 e. The van der Waals surface area contributed by atoms with E-state index in [2.05, 4.69) is 11.2 Å². The van der Waals surface area contributed by atoms with E-state index >= 15 is 0 Å². The van der Waals surface area contributed by atoms with Gasteiger partial charge >= 0.3 is 0 Å². The van der Waals surface area contributed by atoms with Crippen LogP contribution in [-0.4, -0.2) is 25.8 Å². The molecule has 0 unspecified atom stereocenters. The number of ether oxygens (including phenoxy) is 2. The molecule has 1 aromatic carbocycles. The second-order valence-corrected chi connectivity index (χ2v) is 4.23. The molecule has 5 heteroatoms. The monoisotopic (exact) mass is 281 g/mol. The number of rotatable bonds is 6. The van der Waals surface area contributed by atoms with Crippen LogP contribution in [0.4, 0.5) is 4.39 Å². The number of hydrogen-bond acceptors (Lipinski definition) is 3. The third-order valence-corrected chi connectivity index (χ3v) is 2.96. The fourth-order valence-corrected chi connectivity index (χ4v) is 1.67. The van der Waals surface area contributed by atoms with Crippen LogP contribution in [0, 0.1) is 18.2 Å². The molecular formula is C14H16FNO2S. The molecule has 0 fully saturated rings. The van der Waals surface area contributed by atoms with Crippen LogP contribution in [0.1, 0.15) is 12.0 Å². The highest BCUT2D eigenvalue weighted by Crippen LogP contribution is 2.32. The second kappa shape index (κ2) is 7.59. The highest BCUT2D eigenvalue weighted by Gasteiger charge is 2.15. The lowest BCUT2D eigenvalue weighted by atomic mass is 10.1. The molecule has 0 aliphatic heterocycles. The van der Waals surface area contributed by atoms with Crippen LogP contribution in [0.15, 0.2) is 12.1 Å². The maximum absolute atomic E-state index is 14.2. The van der Waals surface area contributed by atoms with E-state index < -0.39 is 5.82 Å². The second-order valence-electron chi connectivity index (χ2n) is 3.74. The molecule has 0 atom stereocenters. The summed E-state index contributed by atoms with van der Waals surface area (Å²) in [6, 6.07) is 3.30. The van der Waals surface area contributed by atoms with Gasteiger partial charge in [0, 0.05) is 13.5 Å². The number of terminal acetylenes is 1. The molecule has 0 radical (unpaired) electrons. The van der Waals surface area contributed by atoms with Gasteiger partial charge in [-0.3, -0.25) is 0 Å². The van der Waals surface area contributed by atoms with Crippen LogP contribution in [0.25, 0.3) is 0 Å². The summed E-state index contributed by atoms with van der Waals surface area (Å²) in [6.45, 7) is 0.0684. The SMILES string of the molecule is C#CCOc1ccc(CCC(=S)NC)c(F)c1OC. The van der Waals surface area contributed by atoms with E-state index in [1.807, 2.05) is 0 Å². The Hall–Kier alpha value is -1.80. The van der Waals surface area contributed by atoms with Crippen LogP contribution < -0.4 is 14.8 Å². The van der Waals surface area contributed by atoms with Gasteiger partial charge in [-0.25, -0.2) is 4.39 Å². The van der Waals surface area contributed by atoms with E-state index in [0.29, 0.717) is 29.1 Å². The van der Waals surface area contributed by atoms with Gasteiger partial charge in [0.2, 0.25) is 0 Å². The molecule has 0 amide bonds. The minimum atomic E-state index is -0.434. The normalized spacial score (nSPS) is 9.58. The molecule has 0 heterocycles. The lowest BCUT2D eigenvalue weighted by Gasteiger charge is -2.12. The fourth-order valence-electron chi connectivity index (χ4n) is 1.57. The Morgan fingerprint density at radius 2 is 2.26 bits per heavy atom. The summed E-state index contributed by atoms with van der Waals surface area (Å²) in [7, 11) is 3.14. The van der Waals surface area contributed by atoms with Gasteiger partial charge < -0.3 is 14.8 Å². The maximum Gasteiger partial charge on any atom is 0.197 e. The Labute approximate surface area is 118 Å². The summed E-state index contributed by atoms with van der Waals surface area (Å²) in [5.74, 6) is 2.27. The lowest BCUT2D eigenvalue weighted by molar-refractivity contribution is 0.317. The van der Waals surface area contributed by atoms with Crippen molar-refractivity contribution in [2.75, 3.05) is 20.8 Å². The number of aryl methyl sites for hydroxylation is 1. The number of nitrogens with one attached hydrogen (secondary N) is 1. The highest BCUT2D eigenvalue weighted by atomic mass is 32.1. The summed E-state index contributed by atoms with van der Waals surface area (Å²) in [5.41, 5.74) is 0.530. The summed E-state index contributed by atoms with van der Waals surface area (Å²) < 4.78 is 24.4. The molecular weight excluding hydrogens is 265 g/mol. The van der Waals surface area contributed by atoms with E-state index in [0.717, 1.165) is 0 Å². The van der Waals surface area contributed by atoms with Gasteiger partial charge in [-0.05, 0) is 18.1 Å². The van der Waals surface area contributed by atoms with Crippen molar-refractivity contribution in [1.82, 2.24) is 5.32 Å². The van der Waals surface area contributed by atoms with E-state index in [-0.39, 0.29) is 12.4 Å². The van der Waals surface area contributed by atoms with Gasteiger partial charge in [-0.15, -0.1) is 6.42 Å². The molecule has 0 bridgehead atoms. The Morgan fingerprint density at radius 1 is 1.53 bits per heavy atom. The molecule has 0 spiro atoms. The number of benzene rings is 1. The van der Waals surface area contributed by atoms with Crippen LogP contribution in [0.5, 0.6) is 11.5 Å². The third kappa shape index (κ3) is 4.11. The molecule has 0 saturated carbocycles. The average Bonchev–Trinajstić information content (AvgIpc) is 2.43. The summed E-state index contributed by atoms with van der Waals surface area (Å²) in [5, 5.41) is 2.85. The number of thiocarbonyl (C=S) groups is 1. The van der Waals surface area contributed by atoms with Crippen molar-refractivity contribution in [2.45, 2.75) is 12.8 Å². The van der Waals surface area contributed by atoms with E-state index in [1.54, 1.807) is 19.2 Å². The Balaban J connectivity index is 2.91. The first-order chi connectivity index (χ1) is 9.13. The number of hydrogen-bond donors (Lipinski definition) is 1. The molecule has 1 N–H and O–H groups in total. The summed E-state index contributed by atoms with van der Waals surface area (Å²) in [4.78, 5) is 0.686. The molecule has 0 saturated heterocycles. The van der Waals surface area contributed by atoms with Crippen LogP contribution in [0.3, 0.4) is 0 Å². The third-order valence-electron chi connectivity index (χ3n) is 2.56. The van der Waals surface area contributed by atoms with Gasteiger partial charge in [0.25, 0.3) is 0 Å². The zero-order valence-electron chi connectivity index (χ0n) is 11.0. The molecule has 1 rings (SSSR count). The minimum absolute atomic E-state index is 0.0684. The van der Waals surface area contributed by atoms with Crippen LogP contribution in [-0.2, 0) is 6.42 Å². The van der Waals surface area contributed by atoms with E-state index in [9.17, 15) is 4.39 Å². The van der Waals surface area contributed by atoms with Crippen molar-refractivity contribution in [1.29, 1.82) is 0 Å². The van der Waals surface area contributed by atoms with Gasteiger partial charge in [-0.2, -0.15) is 0 Å². The van der Waals surface area contributed by atoms with Crippen molar-refractivity contribution in [3.8, 4) is 23.8 Å². The van der Waals surface area contributed by atoms with Crippen molar-refractivity contribution in [2.24, 2.45) is 0 Å². The Kier molecular flexibility index (Phi) is 6.10. The molecule has 0 aliphatic rings. The summed E-state index contributed by atoms with van der Waals surface area (Å²) in [6.07, 6.45) is 6.18. The van der Waals surface area contributed by atoms with Gasteiger partial charge in [0.15, 0.2) is 17.3 Å².